The summed E-state index contributed by atoms with van der Waals surface area (Å²) in [6.07, 6.45) is 2.70. The standard InChI is InChI=1S/C20H19N3O2S/c1-20(8-10-23(20)17(24)12-14-7-11-26-13-14)19(25)22-16-6-2-4-15-5-3-9-21-18(15)16/h2-7,9,11,13H,8,10,12H2,1H3,(H,22,25). The molecule has 0 radical (unpaired) electrons. The average Bonchev–Trinajstić information content (AvgIpc) is 3.13. The Hall–Kier alpha value is -2.73. The number of pyridine rings is 1. The van der Waals surface area contributed by atoms with Crippen LogP contribution in [0, 0.1) is 0 Å². The lowest BCUT2D eigenvalue weighted by molar-refractivity contribution is -0.154. The zero-order chi connectivity index (χ0) is 18.1. The van der Waals surface area contributed by atoms with Crippen molar-refractivity contribution in [2.45, 2.75) is 25.3 Å². The number of hydrogen-bond donors (Lipinski definition) is 1. The second-order valence-electron chi connectivity index (χ2n) is 6.71. The molecule has 1 aromatic carbocycles. The van der Waals surface area contributed by atoms with Crippen LogP contribution in [-0.4, -0.2) is 33.8 Å². The van der Waals surface area contributed by atoms with E-state index in [0.29, 0.717) is 25.1 Å². The Morgan fingerprint density at radius 1 is 1.27 bits per heavy atom. The van der Waals surface area contributed by atoms with Gasteiger partial charge in [-0.3, -0.25) is 14.6 Å². The Morgan fingerprint density at radius 2 is 2.12 bits per heavy atom. The molecule has 0 bridgehead atoms. The van der Waals surface area contributed by atoms with Gasteiger partial charge in [-0.15, -0.1) is 0 Å². The van der Waals surface area contributed by atoms with E-state index >= 15 is 0 Å². The van der Waals surface area contributed by atoms with Gasteiger partial charge in [0.15, 0.2) is 0 Å². The Bertz CT molecular complexity index is 965. The van der Waals surface area contributed by atoms with E-state index in [1.165, 1.54) is 0 Å². The number of hydrogen-bond acceptors (Lipinski definition) is 4. The molecular weight excluding hydrogens is 346 g/mol. The van der Waals surface area contributed by atoms with Gasteiger partial charge in [0.2, 0.25) is 11.8 Å². The number of nitrogens with zero attached hydrogens (tertiary/aromatic N) is 2. The predicted octanol–water partition coefficient (Wildman–Crippen LogP) is 3.47. The number of fused-ring (bicyclic) bond motifs is 1. The van der Waals surface area contributed by atoms with Crippen LogP contribution in [-0.2, 0) is 16.0 Å². The van der Waals surface area contributed by atoms with Gasteiger partial charge < -0.3 is 10.2 Å². The van der Waals surface area contributed by atoms with Gasteiger partial charge in [0.25, 0.3) is 0 Å². The molecule has 2 aromatic heterocycles. The van der Waals surface area contributed by atoms with E-state index in [4.69, 9.17) is 0 Å². The second kappa shape index (κ2) is 6.53. The lowest BCUT2D eigenvalue weighted by Crippen LogP contribution is -2.66. The molecule has 1 fully saturated rings. The molecule has 5 nitrogen and oxygen atoms in total. The van der Waals surface area contributed by atoms with Crippen LogP contribution in [0.25, 0.3) is 10.9 Å². The van der Waals surface area contributed by atoms with Crippen LogP contribution in [0.3, 0.4) is 0 Å². The summed E-state index contributed by atoms with van der Waals surface area (Å²) in [5.41, 5.74) is 1.60. The number of nitrogens with one attached hydrogen (secondary N) is 1. The first-order valence-corrected chi connectivity index (χ1v) is 9.49. The molecule has 1 aliphatic rings. The van der Waals surface area contributed by atoms with Gasteiger partial charge in [0.05, 0.1) is 17.6 Å². The molecule has 132 valence electrons. The van der Waals surface area contributed by atoms with Gasteiger partial charge in [-0.25, -0.2) is 0 Å². The number of benzene rings is 1. The van der Waals surface area contributed by atoms with Crippen molar-refractivity contribution in [3.63, 3.8) is 0 Å². The number of anilines is 1. The zero-order valence-electron chi connectivity index (χ0n) is 14.4. The van der Waals surface area contributed by atoms with E-state index in [-0.39, 0.29) is 11.8 Å². The fourth-order valence-corrected chi connectivity index (χ4v) is 3.99. The number of para-hydroxylation sites is 1. The van der Waals surface area contributed by atoms with Crippen molar-refractivity contribution < 1.29 is 9.59 Å². The molecule has 1 atom stereocenters. The molecule has 1 N–H and O–H groups in total. The van der Waals surface area contributed by atoms with Crippen LogP contribution in [0.1, 0.15) is 18.9 Å². The van der Waals surface area contributed by atoms with Crippen molar-refractivity contribution in [3.05, 3.63) is 58.9 Å². The molecule has 2 amide bonds. The smallest absolute Gasteiger partial charge is 0.250 e. The third kappa shape index (κ3) is 2.86. The van der Waals surface area contributed by atoms with E-state index in [9.17, 15) is 9.59 Å². The molecule has 1 saturated heterocycles. The molecular formula is C20H19N3O2S. The number of likely N-dealkylation sites (tertiary alicyclic amines) is 1. The van der Waals surface area contributed by atoms with Crippen LogP contribution in [0.2, 0.25) is 0 Å². The van der Waals surface area contributed by atoms with Gasteiger partial charge in [-0.05, 0) is 47.9 Å². The summed E-state index contributed by atoms with van der Waals surface area (Å²) in [6.45, 7) is 2.44. The number of thiophene rings is 1. The minimum absolute atomic E-state index is 0.0108. The van der Waals surface area contributed by atoms with Crippen LogP contribution in [0.15, 0.2) is 53.4 Å². The lowest BCUT2D eigenvalue weighted by atomic mass is 9.85. The maximum absolute atomic E-state index is 12.9. The molecule has 3 heterocycles. The van der Waals surface area contributed by atoms with Gasteiger partial charge in [0, 0.05) is 18.1 Å². The Labute approximate surface area is 155 Å². The maximum Gasteiger partial charge on any atom is 0.250 e. The molecule has 1 unspecified atom stereocenters. The van der Waals surface area contributed by atoms with E-state index < -0.39 is 5.54 Å². The SMILES string of the molecule is CC1(C(=O)Nc2cccc3cccnc23)CCN1C(=O)Cc1ccsc1. The quantitative estimate of drug-likeness (QED) is 0.770. The normalized spacial score (nSPS) is 19.2. The monoisotopic (exact) mass is 365 g/mol. The highest BCUT2D eigenvalue weighted by atomic mass is 32.1. The van der Waals surface area contributed by atoms with Crippen LogP contribution in [0.4, 0.5) is 5.69 Å². The number of carbonyl (C=O) groups is 2. The minimum Gasteiger partial charge on any atom is -0.328 e. The highest BCUT2D eigenvalue weighted by molar-refractivity contribution is 7.08. The molecule has 26 heavy (non-hydrogen) atoms. The first-order chi connectivity index (χ1) is 12.6. The lowest BCUT2D eigenvalue weighted by Gasteiger charge is -2.49. The summed E-state index contributed by atoms with van der Waals surface area (Å²) in [4.78, 5) is 31.6. The third-order valence-electron chi connectivity index (χ3n) is 5.02. The summed E-state index contributed by atoms with van der Waals surface area (Å²) < 4.78 is 0. The van der Waals surface area contributed by atoms with E-state index in [1.54, 1.807) is 22.4 Å². The number of amides is 2. The van der Waals surface area contributed by atoms with Gasteiger partial charge in [-0.1, -0.05) is 18.2 Å². The molecule has 0 saturated carbocycles. The summed E-state index contributed by atoms with van der Waals surface area (Å²) in [6, 6.07) is 11.5. The zero-order valence-corrected chi connectivity index (χ0v) is 15.3. The van der Waals surface area contributed by atoms with Crippen molar-refractivity contribution in [1.29, 1.82) is 0 Å². The molecule has 3 aromatic rings. The summed E-state index contributed by atoms with van der Waals surface area (Å²) >= 11 is 1.57. The van der Waals surface area contributed by atoms with Crippen molar-refractivity contribution >= 4 is 39.7 Å². The molecule has 6 heteroatoms. The molecule has 0 spiro atoms. The number of aromatic nitrogens is 1. The molecule has 4 rings (SSSR count). The van der Waals surface area contributed by atoms with Gasteiger partial charge in [-0.2, -0.15) is 11.3 Å². The summed E-state index contributed by atoms with van der Waals surface area (Å²) in [5, 5.41) is 7.87. The maximum atomic E-state index is 12.9. The van der Waals surface area contributed by atoms with E-state index in [0.717, 1.165) is 16.5 Å². The fraction of sp³-hybridized carbons (Fsp3) is 0.250. The fourth-order valence-electron chi connectivity index (χ4n) is 3.32. The third-order valence-corrected chi connectivity index (χ3v) is 5.76. The number of carbonyl (C=O) groups excluding carboxylic acids is 2. The first-order valence-electron chi connectivity index (χ1n) is 8.55. The first kappa shape index (κ1) is 16.7. The average molecular weight is 365 g/mol. The molecule has 0 aliphatic carbocycles. The van der Waals surface area contributed by atoms with Crippen LogP contribution >= 0.6 is 11.3 Å². The summed E-state index contributed by atoms with van der Waals surface area (Å²) in [5.74, 6) is -0.177. The summed E-state index contributed by atoms with van der Waals surface area (Å²) in [7, 11) is 0. The van der Waals surface area contributed by atoms with Gasteiger partial charge in [0.1, 0.15) is 5.54 Å². The highest BCUT2D eigenvalue weighted by Gasteiger charge is 2.49. The number of rotatable bonds is 4. The second-order valence-corrected chi connectivity index (χ2v) is 7.49. The molecule has 1 aliphatic heterocycles. The largest absolute Gasteiger partial charge is 0.328 e. The Balaban J connectivity index is 1.52. The van der Waals surface area contributed by atoms with Crippen molar-refractivity contribution in [2.24, 2.45) is 0 Å². The minimum atomic E-state index is -0.815. The van der Waals surface area contributed by atoms with Crippen molar-refractivity contribution in [1.82, 2.24) is 9.88 Å². The predicted molar refractivity (Wildman–Crippen MR) is 103 cm³/mol. The van der Waals surface area contributed by atoms with Crippen molar-refractivity contribution in [3.8, 4) is 0 Å². The van der Waals surface area contributed by atoms with Crippen molar-refractivity contribution in [2.75, 3.05) is 11.9 Å². The topological polar surface area (TPSA) is 62.3 Å². The van der Waals surface area contributed by atoms with Crippen LogP contribution in [0.5, 0.6) is 0 Å². The Kier molecular flexibility index (Phi) is 4.20. The van der Waals surface area contributed by atoms with E-state index in [1.807, 2.05) is 54.1 Å². The van der Waals surface area contributed by atoms with Crippen LogP contribution < -0.4 is 5.32 Å². The van der Waals surface area contributed by atoms with Gasteiger partial charge >= 0.3 is 0 Å². The highest BCUT2D eigenvalue weighted by Crippen LogP contribution is 2.33. The Morgan fingerprint density at radius 3 is 2.85 bits per heavy atom. The van der Waals surface area contributed by atoms with E-state index in [2.05, 4.69) is 10.3 Å².